The van der Waals surface area contributed by atoms with Crippen LogP contribution in [0, 0.1) is 5.92 Å². The van der Waals surface area contributed by atoms with E-state index in [2.05, 4.69) is 29.8 Å². The van der Waals surface area contributed by atoms with Crippen LogP contribution in [0.1, 0.15) is 43.5 Å². The van der Waals surface area contributed by atoms with Gasteiger partial charge in [-0.15, -0.1) is 0 Å². The minimum atomic E-state index is 0.257. The van der Waals surface area contributed by atoms with Gasteiger partial charge in [0.15, 0.2) is 11.5 Å². The second-order valence-electron chi connectivity index (χ2n) is 5.09. The molecule has 0 spiro atoms. The molecule has 1 heterocycles. The third-order valence-corrected chi connectivity index (χ3v) is 4.70. The molecule has 0 fully saturated rings. The summed E-state index contributed by atoms with van der Waals surface area (Å²) >= 11 is 10.1. The average Bonchev–Trinajstić information content (AvgIpc) is 2.62. The van der Waals surface area contributed by atoms with Gasteiger partial charge in [-0.3, -0.25) is 0 Å². The molecule has 1 aliphatic heterocycles. The quantitative estimate of drug-likeness (QED) is 0.681. The maximum atomic E-state index is 6.37. The maximum Gasteiger partial charge on any atom is 0.162 e. The lowest BCUT2D eigenvalue weighted by Crippen LogP contribution is -2.01. The zero-order valence-electron chi connectivity index (χ0n) is 11.4. The highest BCUT2D eigenvalue weighted by atomic mass is 79.9. The van der Waals surface area contributed by atoms with E-state index in [0.29, 0.717) is 19.1 Å². The van der Waals surface area contributed by atoms with Crippen molar-refractivity contribution < 1.29 is 9.47 Å². The van der Waals surface area contributed by atoms with Crippen LogP contribution in [0.15, 0.2) is 12.1 Å². The van der Waals surface area contributed by atoms with Crippen molar-refractivity contribution in [3.05, 3.63) is 22.7 Å². The van der Waals surface area contributed by atoms with E-state index >= 15 is 0 Å². The molecule has 19 heavy (non-hydrogen) atoms. The standard InChI is InChI=1S/C15H20BrClO2/c1-3-10(2)7-12(16)11-8-14-15(9-13(11)17)19-6-4-5-18-14/h8-10,12H,3-7H2,1-2H3. The van der Waals surface area contributed by atoms with Gasteiger partial charge in [0.25, 0.3) is 0 Å². The van der Waals surface area contributed by atoms with E-state index in [1.807, 2.05) is 12.1 Å². The van der Waals surface area contributed by atoms with Crippen LogP contribution in [0.5, 0.6) is 11.5 Å². The van der Waals surface area contributed by atoms with Crippen molar-refractivity contribution in [1.29, 1.82) is 0 Å². The van der Waals surface area contributed by atoms with Gasteiger partial charge in [0.2, 0.25) is 0 Å². The number of halogens is 2. The summed E-state index contributed by atoms with van der Waals surface area (Å²) in [4.78, 5) is 0.257. The summed E-state index contributed by atoms with van der Waals surface area (Å²) in [6, 6.07) is 3.90. The van der Waals surface area contributed by atoms with Gasteiger partial charge in [0.05, 0.1) is 13.2 Å². The first-order valence-corrected chi connectivity index (χ1v) is 8.14. The Morgan fingerprint density at radius 1 is 1.26 bits per heavy atom. The zero-order chi connectivity index (χ0) is 13.8. The van der Waals surface area contributed by atoms with E-state index in [0.717, 1.165) is 34.9 Å². The Kier molecular flexibility index (Phi) is 5.40. The highest BCUT2D eigenvalue weighted by molar-refractivity contribution is 9.09. The Morgan fingerprint density at radius 3 is 2.53 bits per heavy atom. The van der Waals surface area contributed by atoms with Gasteiger partial charge in [-0.05, 0) is 24.0 Å². The van der Waals surface area contributed by atoms with Crippen LogP contribution >= 0.6 is 27.5 Å². The summed E-state index contributed by atoms with van der Waals surface area (Å²) in [5.41, 5.74) is 1.09. The van der Waals surface area contributed by atoms with E-state index in [-0.39, 0.29) is 4.83 Å². The van der Waals surface area contributed by atoms with Crippen molar-refractivity contribution in [3.8, 4) is 11.5 Å². The van der Waals surface area contributed by atoms with E-state index in [4.69, 9.17) is 21.1 Å². The Labute approximate surface area is 128 Å². The fraction of sp³-hybridized carbons (Fsp3) is 0.600. The first-order valence-electron chi connectivity index (χ1n) is 6.85. The van der Waals surface area contributed by atoms with Crippen LogP contribution in [0.4, 0.5) is 0 Å². The van der Waals surface area contributed by atoms with Gasteiger partial charge in [-0.25, -0.2) is 0 Å². The second kappa shape index (κ2) is 6.85. The van der Waals surface area contributed by atoms with Crippen LogP contribution in [-0.4, -0.2) is 13.2 Å². The monoisotopic (exact) mass is 346 g/mol. The van der Waals surface area contributed by atoms with Crippen molar-refractivity contribution in [1.82, 2.24) is 0 Å². The molecule has 0 saturated carbocycles. The Morgan fingerprint density at radius 2 is 1.89 bits per heavy atom. The Balaban J connectivity index is 2.23. The van der Waals surface area contributed by atoms with Crippen LogP contribution in [0.25, 0.3) is 0 Å². The fourth-order valence-corrected chi connectivity index (χ4v) is 3.52. The topological polar surface area (TPSA) is 18.5 Å². The average molecular weight is 348 g/mol. The predicted octanol–water partition coefficient (Wildman–Crippen LogP) is 5.37. The largest absolute Gasteiger partial charge is 0.490 e. The highest BCUT2D eigenvalue weighted by Gasteiger charge is 2.19. The van der Waals surface area contributed by atoms with Crippen molar-refractivity contribution in [2.75, 3.05) is 13.2 Å². The van der Waals surface area contributed by atoms with Crippen molar-refractivity contribution in [2.24, 2.45) is 5.92 Å². The molecular weight excluding hydrogens is 328 g/mol. The van der Waals surface area contributed by atoms with Gasteiger partial charge >= 0.3 is 0 Å². The van der Waals surface area contributed by atoms with Crippen molar-refractivity contribution in [2.45, 2.75) is 37.9 Å². The smallest absolute Gasteiger partial charge is 0.162 e. The molecule has 2 unspecified atom stereocenters. The lowest BCUT2D eigenvalue weighted by atomic mass is 9.98. The van der Waals surface area contributed by atoms with Crippen LogP contribution in [0.3, 0.4) is 0 Å². The van der Waals surface area contributed by atoms with E-state index in [9.17, 15) is 0 Å². The molecule has 106 valence electrons. The van der Waals surface area contributed by atoms with Crippen LogP contribution in [0.2, 0.25) is 5.02 Å². The van der Waals surface area contributed by atoms with E-state index in [1.54, 1.807) is 0 Å². The molecule has 0 saturated heterocycles. The summed E-state index contributed by atoms with van der Waals surface area (Å²) in [5, 5.41) is 0.745. The number of rotatable bonds is 4. The Bertz CT molecular complexity index is 436. The SMILES string of the molecule is CCC(C)CC(Br)c1cc2c(cc1Cl)OCCCO2. The molecule has 1 aromatic carbocycles. The number of benzene rings is 1. The van der Waals surface area contributed by atoms with E-state index in [1.165, 1.54) is 6.42 Å². The second-order valence-corrected chi connectivity index (χ2v) is 6.60. The minimum absolute atomic E-state index is 0.257. The van der Waals surface area contributed by atoms with E-state index < -0.39 is 0 Å². The molecule has 0 N–H and O–H groups in total. The maximum absolute atomic E-state index is 6.37. The molecule has 0 radical (unpaired) electrons. The summed E-state index contributed by atoms with van der Waals surface area (Å²) < 4.78 is 11.4. The number of ether oxygens (including phenoxy) is 2. The number of fused-ring (bicyclic) bond motifs is 1. The molecule has 0 aromatic heterocycles. The van der Waals surface area contributed by atoms with Crippen molar-refractivity contribution in [3.63, 3.8) is 0 Å². The number of hydrogen-bond donors (Lipinski definition) is 0. The summed E-state index contributed by atoms with van der Waals surface area (Å²) in [6.45, 7) is 5.85. The third kappa shape index (κ3) is 3.79. The van der Waals surface area contributed by atoms with Crippen LogP contribution in [-0.2, 0) is 0 Å². The molecule has 1 aliphatic rings. The first kappa shape index (κ1) is 15.0. The van der Waals surface area contributed by atoms with Gasteiger partial charge in [0.1, 0.15) is 0 Å². The highest BCUT2D eigenvalue weighted by Crippen LogP contribution is 2.41. The summed E-state index contributed by atoms with van der Waals surface area (Å²) in [6.07, 6.45) is 3.15. The molecule has 1 aromatic rings. The Hall–Kier alpha value is -0.410. The molecule has 0 bridgehead atoms. The molecule has 2 atom stereocenters. The molecule has 2 rings (SSSR count). The van der Waals surface area contributed by atoms with Gasteiger partial charge in [-0.2, -0.15) is 0 Å². The third-order valence-electron chi connectivity index (χ3n) is 3.51. The lowest BCUT2D eigenvalue weighted by Gasteiger charge is -2.18. The molecule has 0 amide bonds. The van der Waals surface area contributed by atoms with Gasteiger partial charge in [-0.1, -0.05) is 47.8 Å². The molecule has 4 heteroatoms. The summed E-state index contributed by atoms with van der Waals surface area (Å²) in [5.74, 6) is 2.23. The van der Waals surface area contributed by atoms with Crippen LogP contribution < -0.4 is 9.47 Å². The van der Waals surface area contributed by atoms with Gasteiger partial charge in [0, 0.05) is 22.3 Å². The molecular formula is C15H20BrClO2. The number of hydrogen-bond acceptors (Lipinski definition) is 2. The normalized spacial score (nSPS) is 17.7. The molecule has 2 nitrogen and oxygen atoms in total. The van der Waals surface area contributed by atoms with Gasteiger partial charge < -0.3 is 9.47 Å². The minimum Gasteiger partial charge on any atom is -0.490 e. The summed E-state index contributed by atoms with van der Waals surface area (Å²) in [7, 11) is 0. The van der Waals surface area contributed by atoms with Crippen molar-refractivity contribution >= 4 is 27.5 Å². The lowest BCUT2D eigenvalue weighted by molar-refractivity contribution is 0.297. The molecule has 0 aliphatic carbocycles. The fourth-order valence-electron chi connectivity index (χ4n) is 2.09. The predicted molar refractivity (Wildman–Crippen MR) is 82.8 cm³/mol. The number of alkyl halides is 1. The zero-order valence-corrected chi connectivity index (χ0v) is 13.8. The first-order chi connectivity index (χ1) is 9.11.